The van der Waals surface area contributed by atoms with Gasteiger partial charge in [-0.05, 0) is 25.1 Å². The molecule has 0 aliphatic heterocycles. The van der Waals surface area contributed by atoms with E-state index < -0.39 is 23.8 Å². The van der Waals surface area contributed by atoms with Crippen molar-refractivity contribution in [3.05, 3.63) is 70.4 Å². The summed E-state index contributed by atoms with van der Waals surface area (Å²) < 4.78 is 41.0. The molecule has 154 valence electrons. The topological polar surface area (TPSA) is 65.8 Å². The number of nitrogens with zero attached hydrogens (tertiary/aromatic N) is 3. The predicted molar refractivity (Wildman–Crippen MR) is 109 cm³/mol. The highest BCUT2D eigenvalue weighted by molar-refractivity contribution is 7.14. The van der Waals surface area contributed by atoms with Crippen molar-refractivity contribution in [1.29, 1.82) is 0 Å². The summed E-state index contributed by atoms with van der Waals surface area (Å²) in [6.07, 6.45) is 0.767. The fourth-order valence-electron chi connectivity index (χ4n) is 2.90. The van der Waals surface area contributed by atoms with Gasteiger partial charge in [0.1, 0.15) is 11.9 Å². The monoisotopic (exact) mass is 431 g/mol. The summed E-state index contributed by atoms with van der Waals surface area (Å²) in [7, 11) is 0. The van der Waals surface area contributed by atoms with E-state index in [2.05, 4.69) is 10.1 Å². The van der Waals surface area contributed by atoms with Crippen LogP contribution in [0.25, 0.3) is 11.3 Å². The molecule has 0 saturated heterocycles. The third-order valence-corrected chi connectivity index (χ3v) is 5.52. The van der Waals surface area contributed by atoms with E-state index in [0.717, 1.165) is 34.5 Å². The van der Waals surface area contributed by atoms with Gasteiger partial charge in [0.15, 0.2) is 0 Å². The molecule has 1 aliphatic carbocycles. The number of anilines is 1. The first-order valence-electron chi connectivity index (χ1n) is 9.01. The second kappa shape index (κ2) is 7.56. The Kier molecular flexibility index (Phi) is 5.07. The van der Waals surface area contributed by atoms with Crippen LogP contribution in [0.3, 0.4) is 0 Å². The van der Waals surface area contributed by atoms with Crippen molar-refractivity contribution in [3.63, 3.8) is 0 Å². The van der Waals surface area contributed by atoms with Crippen molar-refractivity contribution >= 4 is 28.7 Å². The molecule has 1 heterocycles. The smallest absolute Gasteiger partial charge is 0.336 e. The molecule has 2 aromatic carbocycles. The van der Waals surface area contributed by atoms with Gasteiger partial charge in [-0.3, -0.25) is 0 Å². The molecule has 1 aliphatic rings. The molecular formula is C21H16F3N3O2S. The van der Waals surface area contributed by atoms with Gasteiger partial charge in [0.05, 0.1) is 17.5 Å². The van der Waals surface area contributed by atoms with Crippen molar-refractivity contribution in [1.82, 2.24) is 4.98 Å². The number of hydrogen-bond donors (Lipinski definition) is 1. The molecule has 30 heavy (non-hydrogen) atoms. The molecule has 0 radical (unpaired) electrons. The van der Waals surface area contributed by atoms with Crippen molar-refractivity contribution in [2.24, 2.45) is 5.10 Å². The third-order valence-electron chi connectivity index (χ3n) is 4.69. The number of aryl methyl sites for hydroxylation is 1. The van der Waals surface area contributed by atoms with E-state index >= 15 is 0 Å². The van der Waals surface area contributed by atoms with E-state index in [0.29, 0.717) is 5.69 Å². The quantitative estimate of drug-likeness (QED) is 0.430. The van der Waals surface area contributed by atoms with Crippen molar-refractivity contribution in [3.8, 4) is 11.3 Å². The Morgan fingerprint density at radius 3 is 2.63 bits per heavy atom. The minimum Gasteiger partial charge on any atom is -0.478 e. The number of alkyl halides is 2. The lowest BCUT2D eigenvalue weighted by Crippen LogP contribution is -2.24. The van der Waals surface area contributed by atoms with Crippen LogP contribution in [0.4, 0.5) is 18.3 Å². The van der Waals surface area contributed by atoms with Crippen molar-refractivity contribution < 1.29 is 23.1 Å². The summed E-state index contributed by atoms with van der Waals surface area (Å²) in [5.41, 5.74) is 2.37. The number of aromatic nitrogens is 1. The van der Waals surface area contributed by atoms with E-state index in [1.807, 2.05) is 31.2 Å². The number of thiazole rings is 1. The van der Waals surface area contributed by atoms with Crippen LogP contribution >= 0.6 is 11.3 Å². The van der Waals surface area contributed by atoms with Gasteiger partial charge in [-0.25, -0.2) is 28.0 Å². The predicted octanol–water partition coefficient (Wildman–Crippen LogP) is 5.20. The summed E-state index contributed by atoms with van der Waals surface area (Å²) in [4.78, 5) is 15.8. The van der Waals surface area contributed by atoms with Gasteiger partial charge in [0.25, 0.3) is 5.92 Å². The first-order valence-corrected chi connectivity index (χ1v) is 9.89. The Morgan fingerprint density at radius 1 is 1.30 bits per heavy atom. The van der Waals surface area contributed by atoms with Crippen LogP contribution < -0.4 is 5.01 Å². The molecule has 4 rings (SSSR count). The van der Waals surface area contributed by atoms with Crippen LogP contribution in [0.2, 0.25) is 0 Å². The van der Waals surface area contributed by atoms with Crippen molar-refractivity contribution in [2.45, 2.75) is 25.3 Å². The van der Waals surface area contributed by atoms with Gasteiger partial charge in [-0.2, -0.15) is 5.10 Å². The first kappa shape index (κ1) is 20.1. The molecule has 0 bridgehead atoms. The molecule has 1 fully saturated rings. The normalized spacial score (nSPS) is 17.3. The van der Waals surface area contributed by atoms with Crippen LogP contribution in [0, 0.1) is 12.7 Å². The summed E-state index contributed by atoms with van der Waals surface area (Å²) in [5, 5.41) is 16.5. The van der Waals surface area contributed by atoms with Crippen LogP contribution in [0.15, 0.2) is 52.9 Å². The van der Waals surface area contributed by atoms with Gasteiger partial charge in [-0.15, -0.1) is 11.3 Å². The SMILES string of the molecule is Cc1ccc(-c2csc(N(/N=C/c3ccc(F)cc3C(=O)O)C3CC3(F)F)n2)cc1. The second-order valence-corrected chi connectivity index (χ2v) is 7.82. The van der Waals surface area contributed by atoms with E-state index in [1.165, 1.54) is 17.4 Å². The Balaban J connectivity index is 1.67. The molecule has 9 heteroatoms. The molecule has 5 nitrogen and oxygen atoms in total. The summed E-state index contributed by atoms with van der Waals surface area (Å²) in [6.45, 7) is 1.96. The van der Waals surface area contributed by atoms with E-state index in [9.17, 15) is 23.1 Å². The van der Waals surface area contributed by atoms with E-state index in [1.54, 1.807) is 5.38 Å². The number of hydrogen-bond acceptors (Lipinski definition) is 5. The lowest BCUT2D eigenvalue weighted by Gasteiger charge is -2.15. The highest BCUT2D eigenvalue weighted by atomic mass is 32.1. The minimum absolute atomic E-state index is 0.105. The van der Waals surface area contributed by atoms with Crippen LogP contribution in [-0.2, 0) is 0 Å². The number of carboxylic acid groups (broad SMARTS) is 1. The molecule has 0 spiro atoms. The minimum atomic E-state index is -2.91. The Hall–Kier alpha value is -3.20. The Labute approximate surface area is 174 Å². The average Bonchev–Trinajstić information content (AvgIpc) is 3.10. The highest BCUT2D eigenvalue weighted by Gasteiger charge is 2.61. The fraction of sp³-hybridized carbons (Fsp3) is 0.190. The average molecular weight is 431 g/mol. The zero-order valence-corrected chi connectivity index (χ0v) is 16.5. The summed E-state index contributed by atoms with van der Waals surface area (Å²) in [5.74, 6) is -4.96. The third kappa shape index (κ3) is 4.06. The molecule has 1 N–H and O–H groups in total. The number of halogens is 3. The maximum Gasteiger partial charge on any atom is 0.336 e. The molecule has 0 amide bonds. The lowest BCUT2D eigenvalue weighted by atomic mass is 10.1. The number of carbonyl (C=O) groups is 1. The second-order valence-electron chi connectivity index (χ2n) is 6.99. The van der Waals surface area contributed by atoms with E-state index in [4.69, 9.17) is 0 Å². The number of aromatic carboxylic acids is 1. The van der Waals surface area contributed by atoms with Gasteiger partial charge in [0, 0.05) is 22.9 Å². The molecule has 3 aromatic rings. The molecule has 1 atom stereocenters. The molecule has 1 unspecified atom stereocenters. The zero-order valence-electron chi connectivity index (χ0n) is 15.7. The summed E-state index contributed by atoms with van der Waals surface area (Å²) >= 11 is 1.17. The number of rotatable bonds is 6. The zero-order chi connectivity index (χ0) is 21.5. The van der Waals surface area contributed by atoms with E-state index in [-0.39, 0.29) is 22.7 Å². The van der Waals surface area contributed by atoms with Crippen LogP contribution in [0.5, 0.6) is 0 Å². The Morgan fingerprint density at radius 2 is 2.00 bits per heavy atom. The van der Waals surface area contributed by atoms with Crippen molar-refractivity contribution in [2.75, 3.05) is 5.01 Å². The van der Waals surface area contributed by atoms with Gasteiger partial charge >= 0.3 is 5.97 Å². The number of hydrazone groups is 1. The number of benzene rings is 2. The standard InChI is InChI=1S/C21H16F3N3O2S/c1-12-2-4-13(5-3-12)17-11-30-20(26-17)27(18-9-21(18,23)24)25-10-14-6-7-15(22)8-16(14)19(28)29/h2-8,10-11,18H,9H2,1H3,(H,28,29)/b25-10+. The van der Waals surface area contributed by atoms with Gasteiger partial charge in [-0.1, -0.05) is 29.8 Å². The maximum absolute atomic E-state index is 13.8. The van der Waals surface area contributed by atoms with Crippen LogP contribution in [0.1, 0.15) is 27.9 Å². The largest absolute Gasteiger partial charge is 0.478 e. The molecule has 1 saturated carbocycles. The lowest BCUT2D eigenvalue weighted by molar-refractivity contribution is 0.0696. The fourth-order valence-corrected chi connectivity index (χ4v) is 3.74. The maximum atomic E-state index is 13.8. The molecule has 1 aromatic heterocycles. The van der Waals surface area contributed by atoms with Gasteiger partial charge in [0.2, 0.25) is 5.13 Å². The first-order chi connectivity index (χ1) is 14.2. The van der Waals surface area contributed by atoms with Gasteiger partial charge < -0.3 is 5.11 Å². The Bertz CT molecular complexity index is 1130. The highest BCUT2D eigenvalue weighted by Crippen LogP contribution is 2.48. The molecular weight excluding hydrogens is 415 g/mol. The summed E-state index contributed by atoms with van der Waals surface area (Å²) in [6, 6.07) is 9.67. The number of carboxylic acids is 1. The van der Waals surface area contributed by atoms with Crippen LogP contribution in [-0.4, -0.2) is 34.2 Å².